The average Bonchev–Trinajstić information content (AvgIpc) is 2.40. The Kier molecular flexibility index (Phi) is 5.09. The summed E-state index contributed by atoms with van der Waals surface area (Å²) >= 11 is 6.12. The zero-order chi connectivity index (χ0) is 14.8. The van der Waals surface area contributed by atoms with Gasteiger partial charge in [0.1, 0.15) is 0 Å². The average molecular weight is 296 g/mol. The first kappa shape index (κ1) is 15.8. The molecule has 0 bridgehead atoms. The van der Waals surface area contributed by atoms with E-state index in [1.165, 1.54) is 12.8 Å². The summed E-state index contributed by atoms with van der Waals surface area (Å²) < 4.78 is 0. The fraction of sp³-hybridized carbons (Fsp3) is 0.706. The van der Waals surface area contributed by atoms with Crippen molar-refractivity contribution in [2.45, 2.75) is 59.0 Å². The van der Waals surface area contributed by atoms with Gasteiger partial charge in [-0.1, -0.05) is 32.4 Å². The highest BCUT2D eigenvalue weighted by Crippen LogP contribution is 2.41. The number of aliphatic hydroxyl groups is 1. The lowest BCUT2D eigenvalue weighted by Crippen LogP contribution is -2.31. The van der Waals surface area contributed by atoms with E-state index >= 15 is 0 Å². The van der Waals surface area contributed by atoms with Gasteiger partial charge in [-0.3, -0.25) is 4.98 Å². The number of halogens is 1. The molecule has 2 rings (SSSR count). The molecule has 0 radical (unpaired) electrons. The molecule has 1 atom stereocenters. The highest BCUT2D eigenvalue weighted by atomic mass is 35.5. The van der Waals surface area contributed by atoms with Crippen LogP contribution in [0.4, 0.5) is 0 Å². The number of pyridine rings is 1. The summed E-state index contributed by atoms with van der Waals surface area (Å²) in [6.07, 6.45) is 8.48. The van der Waals surface area contributed by atoms with Gasteiger partial charge in [0.2, 0.25) is 0 Å². The Morgan fingerprint density at radius 3 is 2.50 bits per heavy atom. The first-order chi connectivity index (χ1) is 9.38. The first-order valence-corrected chi connectivity index (χ1v) is 8.02. The summed E-state index contributed by atoms with van der Waals surface area (Å²) in [5.41, 5.74) is 1.40. The van der Waals surface area contributed by atoms with Crippen molar-refractivity contribution in [3.05, 3.63) is 29.0 Å². The summed E-state index contributed by atoms with van der Waals surface area (Å²) in [4.78, 5) is 3.99. The maximum atomic E-state index is 10.5. The van der Waals surface area contributed by atoms with E-state index in [0.717, 1.165) is 24.3 Å². The maximum absolute atomic E-state index is 10.5. The Morgan fingerprint density at radius 1 is 1.30 bits per heavy atom. The first-order valence-electron chi connectivity index (χ1n) is 7.64. The van der Waals surface area contributed by atoms with Gasteiger partial charge >= 0.3 is 0 Å². The van der Waals surface area contributed by atoms with E-state index < -0.39 is 0 Å². The molecule has 1 unspecified atom stereocenters. The third kappa shape index (κ3) is 3.95. The predicted molar refractivity (Wildman–Crippen MR) is 83.9 cm³/mol. The Hall–Kier alpha value is -0.600. The van der Waals surface area contributed by atoms with E-state index in [2.05, 4.69) is 25.8 Å². The smallest absolute Gasteiger partial charge is 0.0622 e. The monoisotopic (exact) mass is 295 g/mol. The number of nitrogens with zero attached hydrogens (tertiary/aromatic N) is 1. The largest absolute Gasteiger partial charge is 0.392 e. The van der Waals surface area contributed by atoms with Crippen LogP contribution in [0.1, 0.15) is 52.0 Å². The predicted octanol–water partition coefficient (Wildman–Crippen LogP) is 4.49. The molecular formula is C17H26ClNO. The standard InChI is InChI=1S/C17H26ClNO/c1-17(2,3)14-6-4-12(5-7-14)16(20)10-13-8-9-19-11-15(13)18/h8-9,11-12,14,16,20H,4-7,10H2,1-3H3. The Bertz CT molecular complexity index is 433. The van der Waals surface area contributed by atoms with E-state index in [0.29, 0.717) is 22.8 Å². The van der Waals surface area contributed by atoms with Crippen molar-refractivity contribution in [3.8, 4) is 0 Å². The van der Waals surface area contributed by atoms with Crippen molar-refractivity contribution >= 4 is 11.6 Å². The van der Waals surface area contributed by atoms with E-state index in [1.54, 1.807) is 12.4 Å². The molecule has 0 aliphatic heterocycles. The Balaban J connectivity index is 1.89. The van der Waals surface area contributed by atoms with Crippen molar-refractivity contribution in [2.24, 2.45) is 17.3 Å². The Morgan fingerprint density at radius 2 is 1.95 bits per heavy atom. The van der Waals surface area contributed by atoms with Gasteiger partial charge in [-0.05, 0) is 54.6 Å². The van der Waals surface area contributed by atoms with Gasteiger partial charge in [0.05, 0.1) is 11.1 Å². The molecule has 3 heteroatoms. The van der Waals surface area contributed by atoms with Gasteiger partial charge in [0, 0.05) is 18.8 Å². The maximum Gasteiger partial charge on any atom is 0.0622 e. The fourth-order valence-electron chi connectivity index (χ4n) is 3.33. The van der Waals surface area contributed by atoms with Crippen molar-refractivity contribution in [1.29, 1.82) is 0 Å². The summed E-state index contributed by atoms with van der Waals surface area (Å²) in [6, 6.07) is 1.91. The second-order valence-electron chi connectivity index (χ2n) is 7.22. The topological polar surface area (TPSA) is 33.1 Å². The van der Waals surface area contributed by atoms with Crippen LogP contribution in [0.3, 0.4) is 0 Å². The molecule has 0 aromatic carbocycles. The van der Waals surface area contributed by atoms with Crippen molar-refractivity contribution < 1.29 is 5.11 Å². The molecule has 0 saturated heterocycles. The molecule has 0 spiro atoms. The summed E-state index contributed by atoms with van der Waals surface area (Å²) in [5.74, 6) is 1.20. The number of aliphatic hydroxyl groups excluding tert-OH is 1. The van der Waals surface area contributed by atoms with Crippen LogP contribution in [0.2, 0.25) is 5.02 Å². The van der Waals surface area contributed by atoms with Gasteiger partial charge in [0.15, 0.2) is 0 Å². The quantitative estimate of drug-likeness (QED) is 0.891. The van der Waals surface area contributed by atoms with Crippen LogP contribution in [0.5, 0.6) is 0 Å². The third-order valence-electron chi connectivity index (χ3n) is 4.83. The molecule has 1 aliphatic carbocycles. The lowest BCUT2D eigenvalue weighted by atomic mass is 9.68. The van der Waals surface area contributed by atoms with Crippen LogP contribution < -0.4 is 0 Å². The molecule has 112 valence electrons. The van der Waals surface area contributed by atoms with E-state index in [4.69, 9.17) is 11.6 Å². The molecule has 1 saturated carbocycles. The molecule has 1 aliphatic rings. The van der Waals surface area contributed by atoms with E-state index in [-0.39, 0.29) is 6.10 Å². The number of hydrogen-bond acceptors (Lipinski definition) is 2. The highest BCUT2D eigenvalue weighted by molar-refractivity contribution is 6.31. The lowest BCUT2D eigenvalue weighted by Gasteiger charge is -2.38. The van der Waals surface area contributed by atoms with Crippen molar-refractivity contribution in [1.82, 2.24) is 4.98 Å². The summed E-state index contributed by atoms with van der Waals surface area (Å²) in [7, 11) is 0. The number of aromatic nitrogens is 1. The lowest BCUT2D eigenvalue weighted by molar-refractivity contribution is 0.0537. The van der Waals surface area contributed by atoms with E-state index in [9.17, 15) is 5.11 Å². The molecule has 20 heavy (non-hydrogen) atoms. The van der Waals surface area contributed by atoms with Gasteiger partial charge < -0.3 is 5.11 Å². The summed E-state index contributed by atoms with van der Waals surface area (Å²) in [6.45, 7) is 6.97. The van der Waals surface area contributed by atoms with Crippen LogP contribution in [-0.2, 0) is 6.42 Å². The minimum absolute atomic E-state index is 0.282. The molecule has 1 aromatic heterocycles. The van der Waals surface area contributed by atoms with Crippen LogP contribution in [-0.4, -0.2) is 16.2 Å². The summed E-state index contributed by atoms with van der Waals surface area (Å²) in [5, 5.41) is 11.1. The molecule has 1 N–H and O–H groups in total. The fourth-order valence-corrected chi connectivity index (χ4v) is 3.53. The van der Waals surface area contributed by atoms with Crippen LogP contribution in [0.15, 0.2) is 18.5 Å². The molecule has 2 nitrogen and oxygen atoms in total. The molecule has 0 amide bonds. The number of hydrogen-bond donors (Lipinski definition) is 1. The van der Waals surface area contributed by atoms with Gasteiger partial charge in [-0.15, -0.1) is 0 Å². The zero-order valence-electron chi connectivity index (χ0n) is 12.8. The minimum atomic E-state index is -0.282. The van der Waals surface area contributed by atoms with E-state index in [1.807, 2.05) is 6.07 Å². The van der Waals surface area contributed by atoms with Gasteiger partial charge in [-0.2, -0.15) is 0 Å². The molecule has 1 fully saturated rings. The van der Waals surface area contributed by atoms with Crippen LogP contribution in [0, 0.1) is 17.3 Å². The second kappa shape index (κ2) is 6.44. The van der Waals surface area contributed by atoms with Gasteiger partial charge in [0.25, 0.3) is 0 Å². The van der Waals surface area contributed by atoms with Gasteiger partial charge in [-0.25, -0.2) is 0 Å². The second-order valence-corrected chi connectivity index (χ2v) is 7.62. The number of rotatable bonds is 3. The minimum Gasteiger partial charge on any atom is -0.392 e. The Labute approximate surface area is 127 Å². The molecule has 1 aromatic rings. The van der Waals surface area contributed by atoms with Crippen molar-refractivity contribution in [2.75, 3.05) is 0 Å². The normalized spacial score (nSPS) is 25.4. The molecule has 1 heterocycles. The zero-order valence-corrected chi connectivity index (χ0v) is 13.5. The molecular weight excluding hydrogens is 270 g/mol. The van der Waals surface area contributed by atoms with Crippen LogP contribution >= 0.6 is 11.6 Å². The van der Waals surface area contributed by atoms with Crippen molar-refractivity contribution in [3.63, 3.8) is 0 Å². The van der Waals surface area contributed by atoms with Crippen LogP contribution in [0.25, 0.3) is 0 Å². The highest BCUT2D eigenvalue weighted by Gasteiger charge is 2.32. The third-order valence-corrected chi connectivity index (χ3v) is 5.17. The SMILES string of the molecule is CC(C)(C)C1CCC(C(O)Cc2ccncc2Cl)CC1.